The first-order valence-electron chi connectivity index (χ1n) is 8.39. The minimum atomic E-state index is -0.398. The largest absolute Gasteiger partial charge is 0.441 e. The molecule has 0 aliphatic heterocycles. The van der Waals surface area contributed by atoms with Crippen molar-refractivity contribution in [1.82, 2.24) is 4.98 Å². The van der Waals surface area contributed by atoms with Crippen molar-refractivity contribution < 1.29 is 9.34 Å². The molecule has 0 fully saturated rings. The molecule has 0 spiro atoms. The van der Waals surface area contributed by atoms with Crippen LogP contribution in [0.2, 0.25) is 5.02 Å². The average Bonchev–Trinajstić information content (AvgIpc) is 3.01. The predicted molar refractivity (Wildman–Crippen MR) is 105 cm³/mol. The van der Waals surface area contributed by atoms with E-state index in [0.29, 0.717) is 22.9 Å². The molecule has 0 aliphatic carbocycles. The van der Waals surface area contributed by atoms with Crippen molar-refractivity contribution in [2.45, 2.75) is 13.3 Å². The van der Waals surface area contributed by atoms with Crippen molar-refractivity contribution in [1.29, 1.82) is 0 Å². The lowest BCUT2D eigenvalue weighted by Gasteiger charge is -2.08. The summed E-state index contributed by atoms with van der Waals surface area (Å²) >= 11 is 6.16. The minimum absolute atomic E-state index is 0.0830. The molecule has 5 nitrogen and oxygen atoms in total. The van der Waals surface area contributed by atoms with E-state index in [0.717, 1.165) is 27.8 Å². The summed E-state index contributed by atoms with van der Waals surface area (Å²) in [5, 5.41) is 11.5. The van der Waals surface area contributed by atoms with Gasteiger partial charge in [0.25, 0.3) is 5.69 Å². The highest BCUT2D eigenvalue weighted by molar-refractivity contribution is 6.30. The zero-order valence-corrected chi connectivity index (χ0v) is 15.2. The molecule has 3 aromatic carbocycles. The maximum Gasteiger partial charge on any atom is 0.269 e. The van der Waals surface area contributed by atoms with Gasteiger partial charge in [-0.05, 0) is 47.4 Å². The van der Waals surface area contributed by atoms with E-state index in [1.54, 1.807) is 12.1 Å². The second-order valence-corrected chi connectivity index (χ2v) is 6.77. The van der Waals surface area contributed by atoms with Gasteiger partial charge in [0, 0.05) is 29.6 Å². The number of halogens is 1. The minimum Gasteiger partial charge on any atom is -0.441 e. The molecule has 4 aromatic rings. The molecule has 1 aromatic heterocycles. The Kier molecular flexibility index (Phi) is 4.38. The number of aromatic nitrogens is 1. The number of hydrogen-bond donors (Lipinski definition) is 0. The van der Waals surface area contributed by atoms with Gasteiger partial charge < -0.3 is 4.42 Å². The molecule has 0 radical (unpaired) electrons. The van der Waals surface area contributed by atoms with Crippen molar-refractivity contribution in [2.75, 3.05) is 0 Å². The molecule has 0 N–H and O–H groups in total. The second kappa shape index (κ2) is 6.85. The van der Waals surface area contributed by atoms with Crippen molar-refractivity contribution in [3.8, 4) is 11.1 Å². The SMILES string of the molecule is Cc1nc2c(-c3cccc(Cl)c3)cc(Cc3ccc([N+](=O)[O-])cc3)cc2o1. The van der Waals surface area contributed by atoms with Gasteiger partial charge in [0.05, 0.1) is 4.92 Å². The highest BCUT2D eigenvalue weighted by atomic mass is 35.5. The molecule has 1 heterocycles. The van der Waals surface area contributed by atoms with Crippen LogP contribution in [0, 0.1) is 17.0 Å². The summed E-state index contributed by atoms with van der Waals surface area (Å²) in [6.45, 7) is 1.82. The molecule has 0 amide bonds. The van der Waals surface area contributed by atoms with Crippen LogP contribution in [0.15, 0.2) is 65.1 Å². The monoisotopic (exact) mass is 378 g/mol. The number of nitrogens with zero attached hydrogens (tertiary/aromatic N) is 2. The summed E-state index contributed by atoms with van der Waals surface area (Å²) in [5.74, 6) is 0.598. The molecule has 6 heteroatoms. The molecular formula is C21H15ClN2O3. The van der Waals surface area contributed by atoms with Gasteiger partial charge in [-0.2, -0.15) is 0 Å². The van der Waals surface area contributed by atoms with Crippen LogP contribution in [0.1, 0.15) is 17.0 Å². The predicted octanol–water partition coefficient (Wildman–Crippen LogP) is 5.96. The number of hydrogen-bond acceptors (Lipinski definition) is 4. The Balaban J connectivity index is 1.78. The van der Waals surface area contributed by atoms with Gasteiger partial charge in [-0.25, -0.2) is 4.98 Å². The van der Waals surface area contributed by atoms with Crippen LogP contribution in [-0.4, -0.2) is 9.91 Å². The Labute approximate surface area is 160 Å². The number of nitro benzene ring substituents is 1. The van der Waals surface area contributed by atoms with Gasteiger partial charge in [-0.1, -0.05) is 35.9 Å². The number of nitro groups is 1. The fourth-order valence-corrected chi connectivity index (χ4v) is 3.34. The quantitative estimate of drug-likeness (QED) is 0.324. The lowest BCUT2D eigenvalue weighted by atomic mass is 9.98. The molecule has 0 atom stereocenters. The van der Waals surface area contributed by atoms with E-state index in [9.17, 15) is 10.1 Å². The first kappa shape index (κ1) is 17.2. The van der Waals surface area contributed by atoms with E-state index < -0.39 is 4.92 Å². The average molecular weight is 379 g/mol. The lowest BCUT2D eigenvalue weighted by molar-refractivity contribution is -0.384. The standard InChI is InChI=1S/C21H15ClN2O3/c1-13-23-21-19(16-3-2-4-17(22)12-16)10-15(11-20(21)27-13)9-14-5-7-18(8-6-14)24(25)26/h2-8,10-12H,9H2,1H3. The van der Waals surface area contributed by atoms with Crippen LogP contribution < -0.4 is 0 Å². The fourth-order valence-electron chi connectivity index (χ4n) is 3.15. The molecule has 0 aliphatic rings. The van der Waals surface area contributed by atoms with Gasteiger partial charge in [0.15, 0.2) is 11.5 Å². The van der Waals surface area contributed by atoms with Crippen LogP contribution in [0.25, 0.3) is 22.2 Å². The first-order chi connectivity index (χ1) is 13.0. The van der Waals surface area contributed by atoms with Gasteiger partial charge in [0.2, 0.25) is 0 Å². The zero-order chi connectivity index (χ0) is 19.0. The van der Waals surface area contributed by atoms with Crippen LogP contribution in [-0.2, 0) is 6.42 Å². The number of oxazole rings is 1. The third-order valence-corrected chi connectivity index (χ3v) is 4.59. The molecule has 134 valence electrons. The lowest BCUT2D eigenvalue weighted by Crippen LogP contribution is -1.92. The Hall–Kier alpha value is -3.18. The van der Waals surface area contributed by atoms with E-state index in [-0.39, 0.29) is 5.69 Å². The molecule has 27 heavy (non-hydrogen) atoms. The van der Waals surface area contributed by atoms with Crippen LogP contribution >= 0.6 is 11.6 Å². The highest BCUT2D eigenvalue weighted by Gasteiger charge is 2.13. The molecule has 4 rings (SSSR count). The van der Waals surface area contributed by atoms with E-state index in [1.807, 2.05) is 37.3 Å². The summed E-state index contributed by atoms with van der Waals surface area (Å²) in [7, 11) is 0. The van der Waals surface area contributed by atoms with Gasteiger partial charge in [-0.15, -0.1) is 0 Å². The maximum absolute atomic E-state index is 10.8. The normalized spacial score (nSPS) is 11.0. The molecule has 0 unspecified atom stereocenters. The van der Waals surface area contributed by atoms with Crippen molar-refractivity contribution in [2.24, 2.45) is 0 Å². The summed E-state index contributed by atoms with van der Waals surface area (Å²) in [4.78, 5) is 14.9. The van der Waals surface area contributed by atoms with Crippen LogP contribution in [0.4, 0.5) is 5.69 Å². The van der Waals surface area contributed by atoms with Crippen LogP contribution in [0.3, 0.4) is 0 Å². The third-order valence-electron chi connectivity index (χ3n) is 4.35. The number of aryl methyl sites for hydroxylation is 1. The Morgan fingerprint density at radius 1 is 1.07 bits per heavy atom. The number of fused-ring (bicyclic) bond motifs is 1. The van der Waals surface area contributed by atoms with Crippen molar-refractivity contribution >= 4 is 28.4 Å². The van der Waals surface area contributed by atoms with Crippen molar-refractivity contribution in [3.05, 3.63) is 92.8 Å². The van der Waals surface area contributed by atoms with Gasteiger partial charge in [-0.3, -0.25) is 10.1 Å². The molecule has 0 saturated heterocycles. The Morgan fingerprint density at radius 2 is 1.85 bits per heavy atom. The first-order valence-corrected chi connectivity index (χ1v) is 8.77. The second-order valence-electron chi connectivity index (χ2n) is 6.33. The van der Waals surface area contributed by atoms with Gasteiger partial charge in [0.1, 0.15) is 5.52 Å². The smallest absolute Gasteiger partial charge is 0.269 e. The highest BCUT2D eigenvalue weighted by Crippen LogP contribution is 2.32. The van der Waals surface area contributed by atoms with E-state index >= 15 is 0 Å². The van der Waals surface area contributed by atoms with E-state index in [4.69, 9.17) is 16.0 Å². The third kappa shape index (κ3) is 3.55. The zero-order valence-electron chi connectivity index (χ0n) is 14.5. The number of benzene rings is 3. The number of non-ortho nitro benzene ring substituents is 1. The van der Waals surface area contributed by atoms with E-state index in [1.165, 1.54) is 12.1 Å². The van der Waals surface area contributed by atoms with Crippen LogP contribution in [0.5, 0.6) is 0 Å². The molecular weight excluding hydrogens is 364 g/mol. The van der Waals surface area contributed by atoms with Gasteiger partial charge >= 0.3 is 0 Å². The summed E-state index contributed by atoms with van der Waals surface area (Å²) in [5.41, 5.74) is 5.51. The summed E-state index contributed by atoms with van der Waals surface area (Å²) in [6.07, 6.45) is 0.626. The molecule has 0 bridgehead atoms. The molecule has 0 saturated carbocycles. The Morgan fingerprint density at radius 3 is 2.56 bits per heavy atom. The van der Waals surface area contributed by atoms with E-state index in [2.05, 4.69) is 11.1 Å². The summed E-state index contributed by atoms with van der Waals surface area (Å²) < 4.78 is 5.76. The number of rotatable bonds is 4. The Bertz CT molecular complexity index is 1150. The summed E-state index contributed by atoms with van der Waals surface area (Å²) in [6, 6.07) is 18.2. The fraction of sp³-hybridized carbons (Fsp3) is 0.0952. The van der Waals surface area contributed by atoms with Crippen molar-refractivity contribution in [3.63, 3.8) is 0 Å². The topological polar surface area (TPSA) is 69.2 Å². The maximum atomic E-state index is 10.8.